The molecule has 102 valence electrons. The van der Waals surface area contributed by atoms with Crippen molar-refractivity contribution < 1.29 is 15.0 Å². The molecular formula is C15H19NO3. The van der Waals surface area contributed by atoms with Crippen LogP contribution in [0.3, 0.4) is 0 Å². The number of rotatable bonds is 5. The summed E-state index contributed by atoms with van der Waals surface area (Å²) >= 11 is 0. The lowest BCUT2D eigenvalue weighted by Crippen LogP contribution is -2.00. The zero-order valence-electron chi connectivity index (χ0n) is 11.3. The fourth-order valence-electron chi connectivity index (χ4n) is 2.46. The second-order valence-electron chi connectivity index (χ2n) is 4.99. The summed E-state index contributed by atoms with van der Waals surface area (Å²) in [7, 11) is 0. The van der Waals surface area contributed by atoms with Crippen molar-refractivity contribution in [2.45, 2.75) is 32.7 Å². The van der Waals surface area contributed by atoms with E-state index in [4.69, 9.17) is 5.11 Å². The van der Waals surface area contributed by atoms with Crippen LogP contribution in [-0.4, -0.2) is 27.4 Å². The second-order valence-corrected chi connectivity index (χ2v) is 4.99. The molecule has 0 radical (unpaired) electrons. The number of carboxylic acids is 1. The molecule has 0 aliphatic heterocycles. The first kappa shape index (κ1) is 13.6. The number of aryl methyl sites for hydroxylation is 1. The summed E-state index contributed by atoms with van der Waals surface area (Å²) < 4.78 is 2.09. The first-order valence-electron chi connectivity index (χ1n) is 6.52. The van der Waals surface area contributed by atoms with Crippen LogP contribution >= 0.6 is 0 Å². The van der Waals surface area contributed by atoms with E-state index in [-0.39, 0.29) is 12.6 Å². The Morgan fingerprint density at radius 1 is 1.37 bits per heavy atom. The first-order chi connectivity index (χ1) is 9.06. The Kier molecular flexibility index (Phi) is 3.90. The molecule has 0 bridgehead atoms. The molecule has 1 aromatic heterocycles. The van der Waals surface area contributed by atoms with Gasteiger partial charge in [-0.2, -0.15) is 0 Å². The molecule has 1 aromatic carbocycles. The highest BCUT2D eigenvalue weighted by molar-refractivity contribution is 6.04. The van der Waals surface area contributed by atoms with E-state index < -0.39 is 5.97 Å². The molecule has 1 heterocycles. The van der Waals surface area contributed by atoms with Gasteiger partial charge in [-0.05, 0) is 44.4 Å². The highest BCUT2D eigenvalue weighted by Crippen LogP contribution is 2.28. The molecule has 0 amide bonds. The largest absolute Gasteiger partial charge is 0.478 e. The minimum absolute atomic E-state index is 0.115. The summed E-state index contributed by atoms with van der Waals surface area (Å²) in [5, 5.41) is 19.1. The molecular weight excluding hydrogens is 242 g/mol. The van der Waals surface area contributed by atoms with Gasteiger partial charge >= 0.3 is 5.97 Å². The third kappa shape index (κ3) is 2.49. The molecule has 0 fully saturated rings. The fraction of sp³-hybridized carbons (Fsp3) is 0.400. The van der Waals surface area contributed by atoms with Gasteiger partial charge in [-0.15, -0.1) is 0 Å². The first-order valence-corrected chi connectivity index (χ1v) is 6.52. The van der Waals surface area contributed by atoms with Crippen molar-refractivity contribution in [2.75, 3.05) is 6.61 Å². The third-order valence-corrected chi connectivity index (χ3v) is 3.33. The van der Waals surface area contributed by atoms with E-state index in [0.717, 1.165) is 16.5 Å². The molecule has 0 saturated carbocycles. The number of aromatic nitrogens is 1. The van der Waals surface area contributed by atoms with Crippen LogP contribution in [0.25, 0.3) is 10.9 Å². The Hall–Kier alpha value is -1.81. The summed E-state index contributed by atoms with van der Waals surface area (Å²) in [6.45, 7) is 4.26. The van der Waals surface area contributed by atoms with Crippen molar-refractivity contribution in [3.8, 4) is 0 Å². The Balaban J connectivity index is 2.68. The van der Waals surface area contributed by atoms with Crippen LogP contribution in [0.15, 0.2) is 24.4 Å². The molecule has 19 heavy (non-hydrogen) atoms. The van der Waals surface area contributed by atoms with E-state index >= 15 is 0 Å². The van der Waals surface area contributed by atoms with E-state index in [1.807, 2.05) is 12.3 Å². The molecule has 0 saturated heterocycles. The number of aliphatic hydroxyl groups excluding tert-OH is 1. The maximum atomic E-state index is 11.4. The van der Waals surface area contributed by atoms with Crippen LogP contribution in [0.1, 0.15) is 42.2 Å². The zero-order valence-corrected chi connectivity index (χ0v) is 11.3. The van der Waals surface area contributed by atoms with Crippen LogP contribution in [0, 0.1) is 0 Å². The molecule has 0 spiro atoms. The molecule has 0 atom stereocenters. The monoisotopic (exact) mass is 261 g/mol. The van der Waals surface area contributed by atoms with Gasteiger partial charge in [0.05, 0.1) is 5.56 Å². The lowest BCUT2D eigenvalue weighted by Gasteiger charge is -2.09. The molecule has 4 nitrogen and oxygen atoms in total. The van der Waals surface area contributed by atoms with Crippen LogP contribution in [0.4, 0.5) is 0 Å². The normalized spacial score (nSPS) is 11.4. The number of fused-ring (bicyclic) bond motifs is 1. The highest BCUT2D eigenvalue weighted by Gasteiger charge is 2.16. The van der Waals surface area contributed by atoms with E-state index in [2.05, 4.69) is 18.4 Å². The van der Waals surface area contributed by atoms with Crippen molar-refractivity contribution in [1.82, 2.24) is 4.57 Å². The third-order valence-electron chi connectivity index (χ3n) is 3.33. The van der Waals surface area contributed by atoms with Gasteiger partial charge < -0.3 is 14.8 Å². The van der Waals surface area contributed by atoms with Gasteiger partial charge in [0.15, 0.2) is 0 Å². The number of aromatic carboxylic acids is 1. The summed E-state index contributed by atoms with van der Waals surface area (Å²) in [5.41, 5.74) is 2.28. The van der Waals surface area contributed by atoms with Crippen molar-refractivity contribution in [3.05, 3.63) is 35.5 Å². The standard InChI is InChI=1S/C15H19NO3/c1-10(2)16-9-11(5-4-8-17)14-12(15(18)19)6-3-7-13(14)16/h3,6-7,9-10,17H,4-5,8H2,1-2H3,(H,18,19). The van der Waals surface area contributed by atoms with Crippen LogP contribution in [0.2, 0.25) is 0 Å². The molecule has 2 N–H and O–H groups in total. The summed E-state index contributed by atoms with van der Waals surface area (Å²) in [5.74, 6) is -0.905. The number of aliphatic hydroxyl groups is 1. The predicted molar refractivity (Wildman–Crippen MR) is 74.7 cm³/mol. The molecule has 0 aliphatic rings. The van der Waals surface area contributed by atoms with Gasteiger partial charge in [0.2, 0.25) is 0 Å². The number of hydrogen-bond acceptors (Lipinski definition) is 2. The minimum Gasteiger partial charge on any atom is -0.478 e. The number of nitrogens with zero attached hydrogens (tertiary/aromatic N) is 1. The Morgan fingerprint density at radius 2 is 2.11 bits per heavy atom. The van der Waals surface area contributed by atoms with Gasteiger partial charge in [-0.1, -0.05) is 6.07 Å². The molecule has 2 rings (SSSR count). The number of benzene rings is 1. The van der Waals surface area contributed by atoms with Crippen molar-refractivity contribution in [1.29, 1.82) is 0 Å². The van der Waals surface area contributed by atoms with Crippen molar-refractivity contribution in [3.63, 3.8) is 0 Å². The Labute approximate surface area is 112 Å². The van der Waals surface area contributed by atoms with Crippen LogP contribution in [-0.2, 0) is 6.42 Å². The smallest absolute Gasteiger partial charge is 0.336 e. The van der Waals surface area contributed by atoms with Crippen LogP contribution < -0.4 is 0 Å². The quantitative estimate of drug-likeness (QED) is 0.870. The van der Waals surface area contributed by atoms with Gasteiger partial charge in [-0.3, -0.25) is 0 Å². The zero-order chi connectivity index (χ0) is 14.0. The number of carbonyl (C=O) groups is 1. The molecule has 0 aliphatic carbocycles. The van der Waals surface area contributed by atoms with Gasteiger partial charge in [0.1, 0.15) is 0 Å². The summed E-state index contributed by atoms with van der Waals surface area (Å²) in [6, 6.07) is 5.64. The van der Waals surface area contributed by atoms with E-state index in [9.17, 15) is 9.90 Å². The summed E-state index contributed by atoms with van der Waals surface area (Å²) in [4.78, 5) is 11.4. The lowest BCUT2D eigenvalue weighted by molar-refractivity contribution is 0.0699. The molecule has 2 aromatic rings. The SMILES string of the molecule is CC(C)n1cc(CCCO)c2c(C(=O)O)cccc21. The van der Waals surface area contributed by atoms with E-state index in [1.165, 1.54) is 0 Å². The molecule has 0 unspecified atom stereocenters. The maximum absolute atomic E-state index is 11.4. The number of hydrogen-bond donors (Lipinski definition) is 2. The van der Waals surface area contributed by atoms with Crippen LogP contribution in [0.5, 0.6) is 0 Å². The number of carboxylic acid groups (broad SMARTS) is 1. The van der Waals surface area contributed by atoms with E-state index in [1.54, 1.807) is 12.1 Å². The van der Waals surface area contributed by atoms with Gasteiger partial charge in [0.25, 0.3) is 0 Å². The second kappa shape index (κ2) is 5.45. The van der Waals surface area contributed by atoms with Gasteiger partial charge in [-0.25, -0.2) is 4.79 Å². The Bertz CT molecular complexity index is 599. The minimum atomic E-state index is -0.905. The fourth-order valence-corrected chi connectivity index (χ4v) is 2.46. The van der Waals surface area contributed by atoms with Gasteiger partial charge in [0, 0.05) is 29.7 Å². The highest BCUT2D eigenvalue weighted by atomic mass is 16.4. The predicted octanol–water partition coefficient (Wildman–Crippen LogP) is 2.85. The van der Waals surface area contributed by atoms with E-state index in [0.29, 0.717) is 18.4 Å². The van der Waals surface area contributed by atoms with Crippen molar-refractivity contribution >= 4 is 16.9 Å². The average Bonchev–Trinajstić information content (AvgIpc) is 2.75. The van der Waals surface area contributed by atoms with Crippen molar-refractivity contribution in [2.24, 2.45) is 0 Å². The summed E-state index contributed by atoms with van der Waals surface area (Å²) in [6.07, 6.45) is 3.35. The molecule has 4 heteroatoms. The lowest BCUT2D eigenvalue weighted by atomic mass is 10.0. The maximum Gasteiger partial charge on any atom is 0.336 e. The average molecular weight is 261 g/mol. The Morgan fingerprint density at radius 3 is 2.68 bits per heavy atom. The topological polar surface area (TPSA) is 62.5 Å².